The number of nitrogens with one attached hydrogen (secondary N) is 1. The molecule has 0 radical (unpaired) electrons. The lowest BCUT2D eigenvalue weighted by Crippen LogP contribution is -2.08. The Bertz CT molecular complexity index is 281. The lowest BCUT2D eigenvalue weighted by Gasteiger charge is -2.05. The first-order valence-corrected chi connectivity index (χ1v) is 4.16. The Morgan fingerprint density at radius 2 is 2.00 bits per heavy atom. The SMILES string of the molecule is O=C1CNCC1c1ccccc1. The molecule has 2 nitrogen and oxygen atoms in total. The molecule has 12 heavy (non-hydrogen) atoms. The molecule has 0 spiro atoms. The molecule has 0 aliphatic carbocycles. The first-order chi connectivity index (χ1) is 5.88. The average molecular weight is 161 g/mol. The molecule has 2 heteroatoms. The maximum atomic E-state index is 11.3. The predicted molar refractivity (Wildman–Crippen MR) is 47.1 cm³/mol. The zero-order valence-electron chi connectivity index (χ0n) is 6.79. The van der Waals surface area contributed by atoms with Crippen molar-refractivity contribution in [2.75, 3.05) is 13.1 Å². The van der Waals surface area contributed by atoms with Crippen LogP contribution < -0.4 is 5.32 Å². The third-order valence-electron chi connectivity index (χ3n) is 2.24. The molecule has 1 heterocycles. The van der Waals surface area contributed by atoms with E-state index >= 15 is 0 Å². The third-order valence-corrected chi connectivity index (χ3v) is 2.24. The molecular weight excluding hydrogens is 150 g/mol. The standard InChI is InChI=1S/C10H11NO/c12-10-7-11-6-9(10)8-4-2-1-3-5-8/h1-5,9,11H,6-7H2. The molecule has 1 N–H and O–H groups in total. The van der Waals surface area contributed by atoms with E-state index in [0.29, 0.717) is 12.3 Å². The fourth-order valence-corrected chi connectivity index (χ4v) is 1.57. The van der Waals surface area contributed by atoms with Gasteiger partial charge in [-0.1, -0.05) is 30.3 Å². The van der Waals surface area contributed by atoms with E-state index in [9.17, 15) is 4.79 Å². The highest BCUT2D eigenvalue weighted by molar-refractivity contribution is 5.89. The second-order valence-corrected chi connectivity index (χ2v) is 3.06. The molecule has 0 aromatic heterocycles. The molecule has 1 saturated heterocycles. The maximum Gasteiger partial charge on any atom is 0.155 e. The molecule has 0 amide bonds. The largest absolute Gasteiger partial charge is 0.309 e. The summed E-state index contributed by atoms with van der Waals surface area (Å²) < 4.78 is 0. The van der Waals surface area contributed by atoms with Gasteiger partial charge in [0.1, 0.15) is 0 Å². The van der Waals surface area contributed by atoms with Crippen molar-refractivity contribution < 1.29 is 4.79 Å². The minimum Gasteiger partial charge on any atom is -0.309 e. The minimum absolute atomic E-state index is 0.0891. The van der Waals surface area contributed by atoms with Crippen molar-refractivity contribution in [3.05, 3.63) is 35.9 Å². The zero-order valence-corrected chi connectivity index (χ0v) is 6.79. The first kappa shape index (κ1) is 7.50. The molecule has 1 aliphatic rings. The van der Waals surface area contributed by atoms with Gasteiger partial charge in [0.2, 0.25) is 0 Å². The number of ketones is 1. The van der Waals surface area contributed by atoms with E-state index in [1.165, 1.54) is 0 Å². The summed E-state index contributed by atoms with van der Waals surface area (Å²) in [5, 5.41) is 3.07. The van der Waals surface area contributed by atoms with Crippen LogP contribution in [-0.2, 0) is 4.79 Å². The van der Waals surface area contributed by atoms with Crippen LogP contribution in [0.3, 0.4) is 0 Å². The van der Waals surface area contributed by atoms with Crippen molar-refractivity contribution in [2.24, 2.45) is 0 Å². The third kappa shape index (κ3) is 1.25. The van der Waals surface area contributed by atoms with Gasteiger partial charge < -0.3 is 5.32 Å². The normalized spacial score (nSPS) is 23.0. The van der Waals surface area contributed by atoms with Gasteiger partial charge in [0.25, 0.3) is 0 Å². The molecular formula is C10H11NO. The van der Waals surface area contributed by atoms with Gasteiger partial charge in [-0.15, -0.1) is 0 Å². The van der Waals surface area contributed by atoms with Crippen molar-refractivity contribution in [3.63, 3.8) is 0 Å². The Kier molecular flexibility index (Phi) is 1.92. The number of hydrogen-bond donors (Lipinski definition) is 1. The summed E-state index contributed by atoms with van der Waals surface area (Å²) in [5.74, 6) is 0.396. The van der Waals surface area contributed by atoms with Crippen LogP contribution in [0.2, 0.25) is 0 Å². The molecule has 1 atom stereocenters. The van der Waals surface area contributed by atoms with E-state index in [-0.39, 0.29) is 5.92 Å². The van der Waals surface area contributed by atoms with E-state index in [1.54, 1.807) is 0 Å². The summed E-state index contributed by atoms with van der Waals surface area (Å²) in [5.41, 5.74) is 1.13. The lowest BCUT2D eigenvalue weighted by atomic mass is 9.98. The Labute approximate surface area is 71.6 Å². The van der Waals surface area contributed by atoms with Crippen LogP contribution in [-0.4, -0.2) is 18.9 Å². The van der Waals surface area contributed by atoms with Crippen molar-refractivity contribution >= 4 is 5.78 Å². The average Bonchev–Trinajstić information content (AvgIpc) is 2.53. The molecule has 1 aromatic carbocycles. The summed E-state index contributed by atoms with van der Waals surface area (Å²) in [6, 6.07) is 9.93. The molecule has 1 aliphatic heterocycles. The van der Waals surface area contributed by atoms with E-state index in [4.69, 9.17) is 0 Å². The number of carbonyl (C=O) groups excluding carboxylic acids is 1. The predicted octanol–water partition coefficient (Wildman–Crippen LogP) is 0.943. The Morgan fingerprint density at radius 1 is 1.25 bits per heavy atom. The molecule has 1 unspecified atom stereocenters. The minimum atomic E-state index is 0.0891. The van der Waals surface area contributed by atoms with Crippen LogP contribution in [0.5, 0.6) is 0 Å². The van der Waals surface area contributed by atoms with Crippen LogP contribution in [0.25, 0.3) is 0 Å². The van der Waals surface area contributed by atoms with Crippen LogP contribution >= 0.6 is 0 Å². The zero-order chi connectivity index (χ0) is 8.39. The Balaban J connectivity index is 2.25. The van der Waals surface area contributed by atoms with E-state index in [1.807, 2.05) is 30.3 Å². The van der Waals surface area contributed by atoms with Gasteiger partial charge >= 0.3 is 0 Å². The van der Waals surface area contributed by atoms with E-state index in [0.717, 1.165) is 12.1 Å². The molecule has 2 rings (SSSR count). The van der Waals surface area contributed by atoms with Gasteiger partial charge in [-0.25, -0.2) is 0 Å². The topological polar surface area (TPSA) is 29.1 Å². The molecule has 62 valence electrons. The first-order valence-electron chi connectivity index (χ1n) is 4.16. The quantitative estimate of drug-likeness (QED) is 0.664. The van der Waals surface area contributed by atoms with Gasteiger partial charge in [-0.2, -0.15) is 0 Å². The number of hydrogen-bond acceptors (Lipinski definition) is 2. The number of benzene rings is 1. The molecule has 0 bridgehead atoms. The number of rotatable bonds is 1. The van der Waals surface area contributed by atoms with E-state index < -0.39 is 0 Å². The van der Waals surface area contributed by atoms with Gasteiger partial charge in [0, 0.05) is 6.54 Å². The number of carbonyl (C=O) groups is 1. The van der Waals surface area contributed by atoms with Crippen molar-refractivity contribution in [1.29, 1.82) is 0 Å². The summed E-state index contributed by atoms with van der Waals surface area (Å²) in [6.07, 6.45) is 0. The Morgan fingerprint density at radius 3 is 2.58 bits per heavy atom. The highest BCUT2D eigenvalue weighted by Gasteiger charge is 2.24. The summed E-state index contributed by atoms with van der Waals surface area (Å²) in [7, 11) is 0. The maximum absolute atomic E-state index is 11.3. The van der Waals surface area contributed by atoms with Crippen molar-refractivity contribution in [1.82, 2.24) is 5.32 Å². The smallest absolute Gasteiger partial charge is 0.155 e. The van der Waals surface area contributed by atoms with Gasteiger partial charge in [0.15, 0.2) is 5.78 Å². The Hall–Kier alpha value is -1.15. The van der Waals surface area contributed by atoms with Gasteiger partial charge in [-0.3, -0.25) is 4.79 Å². The summed E-state index contributed by atoms with van der Waals surface area (Å²) in [4.78, 5) is 11.3. The van der Waals surface area contributed by atoms with Crippen LogP contribution in [0, 0.1) is 0 Å². The fourth-order valence-electron chi connectivity index (χ4n) is 1.57. The highest BCUT2D eigenvalue weighted by Crippen LogP contribution is 2.18. The van der Waals surface area contributed by atoms with Crippen LogP contribution in [0.4, 0.5) is 0 Å². The lowest BCUT2D eigenvalue weighted by molar-refractivity contribution is -0.117. The fraction of sp³-hybridized carbons (Fsp3) is 0.300. The second-order valence-electron chi connectivity index (χ2n) is 3.06. The monoisotopic (exact) mass is 161 g/mol. The molecule has 1 aromatic rings. The van der Waals surface area contributed by atoms with Crippen LogP contribution in [0.15, 0.2) is 30.3 Å². The molecule has 0 saturated carbocycles. The van der Waals surface area contributed by atoms with Gasteiger partial charge in [-0.05, 0) is 5.56 Å². The summed E-state index contributed by atoms with van der Waals surface area (Å²) in [6.45, 7) is 1.32. The van der Waals surface area contributed by atoms with Gasteiger partial charge in [0.05, 0.1) is 12.5 Å². The van der Waals surface area contributed by atoms with Crippen molar-refractivity contribution in [2.45, 2.75) is 5.92 Å². The molecule has 1 fully saturated rings. The number of Topliss-reactive ketones (excluding diaryl/α,β-unsaturated/α-hetero) is 1. The summed E-state index contributed by atoms with van der Waals surface area (Å²) >= 11 is 0. The highest BCUT2D eigenvalue weighted by atomic mass is 16.1. The van der Waals surface area contributed by atoms with Crippen molar-refractivity contribution in [3.8, 4) is 0 Å². The second kappa shape index (κ2) is 3.07. The van der Waals surface area contributed by atoms with E-state index in [2.05, 4.69) is 5.32 Å². The van der Waals surface area contributed by atoms with Crippen LogP contribution in [0.1, 0.15) is 11.5 Å².